The molecule has 0 atom stereocenters. The number of H-pyrrole nitrogens is 1. The van der Waals surface area contributed by atoms with Crippen molar-refractivity contribution in [1.29, 1.82) is 0 Å². The normalized spacial score (nSPS) is 10.3. The molecular formula is C15H17FN4O2. The number of hydrogen-bond donors (Lipinski definition) is 3. The van der Waals surface area contributed by atoms with E-state index in [1.165, 1.54) is 12.3 Å². The van der Waals surface area contributed by atoms with Crippen LogP contribution in [0.25, 0.3) is 11.3 Å². The van der Waals surface area contributed by atoms with E-state index >= 15 is 0 Å². The zero-order valence-corrected chi connectivity index (χ0v) is 12.1. The third-order valence-corrected chi connectivity index (χ3v) is 3.04. The van der Waals surface area contributed by atoms with Gasteiger partial charge in [0.15, 0.2) is 0 Å². The number of hydrogen-bond acceptors (Lipinski definition) is 3. The second-order valence-electron chi connectivity index (χ2n) is 4.60. The van der Waals surface area contributed by atoms with Gasteiger partial charge < -0.3 is 10.6 Å². The first-order valence-electron chi connectivity index (χ1n) is 6.96. The van der Waals surface area contributed by atoms with Gasteiger partial charge in [-0.15, -0.1) is 0 Å². The van der Waals surface area contributed by atoms with E-state index in [0.29, 0.717) is 12.2 Å². The van der Waals surface area contributed by atoms with Crippen LogP contribution < -0.4 is 10.6 Å². The van der Waals surface area contributed by atoms with E-state index in [2.05, 4.69) is 20.8 Å². The summed E-state index contributed by atoms with van der Waals surface area (Å²) in [4.78, 5) is 23.4. The van der Waals surface area contributed by atoms with Gasteiger partial charge in [-0.3, -0.25) is 14.7 Å². The topological polar surface area (TPSA) is 86.9 Å². The van der Waals surface area contributed by atoms with Crippen LogP contribution in [0, 0.1) is 5.82 Å². The number of amides is 2. The summed E-state index contributed by atoms with van der Waals surface area (Å²) in [6.45, 7) is 2.57. The van der Waals surface area contributed by atoms with Gasteiger partial charge in [-0.05, 0) is 19.1 Å². The minimum absolute atomic E-state index is 0.135. The fourth-order valence-electron chi connectivity index (χ4n) is 2.00. The largest absolute Gasteiger partial charge is 0.356 e. The quantitative estimate of drug-likeness (QED) is 0.755. The third kappa shape index (κ3) is 3.69. The molecule has 0 radical (unpaired) electrons. The molecule has 1 aromatic heterocycles. The maximum Gasteiger partial charge on any atom is 0.255 e. The number of carbonyl (C=O) groups excluding carboxylic acids is 2. The van der Waals surface area contributed by atoms with E-state index < -0.39 is 11.7 Å². The summed E-state index contributed by atoms with van der Waals surface area (Å²) in [6.07, 6.45) is 1.52. The molecule has 0 unspecified atom stereocenters. The molecule has 2 rings (SSSR count). The molecule has 0 spiro atoms. The molecule has 0 saturated carbocycles. The summed E-state index contributed by atoms with van der Waals surface area (Å²) in [7, 11) is 0. The monoisotopic (exact) mass is 304 g/mol. The summed E-state index contributed by atoms with van der Waals surface area (Å²) >= 11 is 0. The van der Waals surface area contributed by atoms with Crippen molar-refractivity contribution in [2.45, 2.75) is 13.3 Å². The molecule has 0 aliphatic carbocycles. The molecular weight excluding hydrogens is 287 g/mol. The van der Waals surface area contributed by atoms with Crippen LogP contribution in [0.5, 0.6) is 0 Å². The van der Waals surface area contributed by atoms with Crippen LogP contribution in [0.4, 0.5) is 4.39 Å². The van der Waals surface area contributed by atoms with Gasteiger partial charge >= 0.3 is 0 Å². The molecule has 22 heavy (non-hydrogen) atoms. The lowest BCUT2D eigenvalue weighted by atomic mass is 10.1. The Labute approximate surface area is 127 Å². The number of halogens is 1. The Balaban J connectivity index is 2.05. The van der Waals surface area contributed by atoms with Gasteiger partial charge in [-0.2, -0.15) is 5.10 Å². The van der Waals surface area contributed by atoms with Crippen LogP contribution in [-0.4, -0.2) is 35.1 Å². The molecule has 2 aromatic rings. The fourth-order valence-corrected chi connectivity index (χ4v) is 2.00. The molecule has 7 heteroatoms. The van der Waals surface area contributed by atoms with Crippen LogP contribution >= 0.6 is 0 Å². The van der Waals surface area contributed by atoms with Gasteiger partial charge in [0.1, 0.15) is 5.82 Å². The third-order valence-electron chi connectivity index (χ3n) is 3.04. The summed E-state index contributed by atoms with van der Waals surface area (Å²) < 4.78 is 13.8. The lowest BCUT2D eigenvalue weighted by molar-refractivity contribution is -0.120. The van der Waals surface area contributed by atoms with Gasteiger partial charge in [0.05, 0.1) is 17.5 Å². The summed E-state index contributed by atoms with van der Waals surface area (Å²) in [6, 6.07) is 6.12. The molecule has 1 aromatic carbocycles. The Morgan fingerprint density at radius 3 is 2.77 bits per heavy atom. The minimum atomic E-state index is -0.442. The van der Waals surface area contributed by atoms with Crippen molar-refractivity contribution in [3.63, 3.8) is 0 Å². The Morgan fingerprint density at radius 2 is 2.05 bits per heavy atom. The zero-order chi connectivity index (χ0) is 15.9. The molecule has 2 amide bonds. The number of carbonyl (C=O) groups is 2. The Kier molecular flexibility index (Phi) is 5.24. The van der Waals surface area contributed by atoms with Crippen molar-refractivity contribution in [2.24, 2.45) is 0 Å². The van der Waals surface area contributed by atoms with Crippen molar-refractivity contribution in [3.05, 3.63) is 41.8 Å². The molecule has 6 nitrogen and oxygen atoms in total. The maximum atomic E-state index is 13.8. The molecule has 3 N–H and O–H groups in total. The second kappa shape index (κ2) is 7.35. The van der Waals surface area contributed by atoms with Crippen LogP contribution in [-0.2, 0) is 4.79 Å². The highest BCUT2D eigenvalue weighted by molar-refractivity contribution is 5.99. The smallest absolute Gasteiger partial charge is 0.255 e. The number of aromatic nitrogens is 2. The number of benzene rings is 1. The highest BCUT2D eigenvalue weighted by Gasteiger charge is 2.17. The fraction of sp³-hybridized carbons (Fsp3) is 0.267. The molecule has 1 heterocycles. The predicted molar refractivity (Wildman–Crippen MR) is 79.6 cm³/mol. The average Bonchev–Trinajstić information content (AvgIpc) is 2.97. The number of nitrogens with one attached hydrogen (secondary N) is 3. The molecule has 0 aliphatic heterocycles. The lowest BCUT2D eigenvalue weighted by Crippen LogP contribution is -2.30. The lowest BCUT2D eigenvalue weighted by Gasteiger charge is -2.06. The van der Waals surface area contributed by atoms with Crippen molar-refractivity contribution >= 4 is 11.8 Å². The Morgan fingerprint density at radius 1 is 1.27 bits per heavy atom. The van der Waals surface area contributed by atoms with Crippen molar-refractivity contribution < 1.29 is 14.0 Å². The number of nitrogens with zero attached hydrogens (tertiary/aromatic N) is 1. The van der Waals surface area contributed by atoms with Crippen molar-refractivity contribution in [2.75, 3.05) is 13.1 Å². The highest BCUT2D eigenvalue weighted by Crippen LogP contribution is 2.23. The van der Waals surface area contributed by atoms with Gasteiger partial charge in [0, 0.05) is 25.1 Å². The number of rotatable bonds is 6. The van der Waals surface area contributed by atoms with Crippen LogP contribution in [0.3, 0.4) is 0 Å². The molecule has 0 bridgehead atoms. The van der Waals surface area contributed by atoms with E-state index in [4.69, 9.17) is 0 Å². The maximum absolute atomic E-state index is 13.8. The minimum Gasteiger partial charge on any atom is -0.356 e. The van der Waals surface area contributed by atoms with Gasteiger partial charge in [-0.1, -0.05) is 12.1 Å². The Hall–Kier alpha value is -2.70. The zero-order valence-electron chi connectivity index (χ0n) is 12.1. The second-order valence-corrected chi connectivity index (χ2v) is 4.60. The van der Waals surface area contributed by atoms with Gasteiger partial charge in [0.25, 0.3) is 5.91 Å². The van der Waals surface area contributed by atoms with Crippen molar-refractivity contribution in [3.8, 4) is 11.3 Å². The molecule has 0 aliphatic rings. The van der Waals surface area contributed by atoms with Crippen LogP contribution in [0.15, 0.2) is 30.5 Å². The van der Waals surface area contributed by atoms with Gasteiger partial charge in [-0.25, -0.2) is 4.39 Å². The predicted octanol–water partition coefficient (Wildman–Crippen LogP) is 1.47. The van der Waals surface area contributed by atoms with E-state index in [-0.39, 0.29) is 30.0 Å². The standard InChI is InChI=1S/C15H17FN4O2/c1-2-17-13(21)7-8-18-15(22)11-9-19-20-14(11)10-5-3-4-6-12(10)16/h3-6,9H,2,7-8H2,1H3,(H,17,21)(H,18,22)(H,19,20). The average molecular weight is 304 g/mol. The Bertz CT molecular complexity index is 669. The van der Waals surface area contributed by atoms with Gasteiger partial charge in [0.2, 0.25) is 5.91 Å². The van der Waals surface area contributed by atoms with E-state index in [9.17, 15) is 14.0 Å². The van der Waals surface area contributed by atoms with Crippen molar-refractivity contribution in [1.82, 2.24) is 20.8 Å². The molecule has 0 fully saturated rings. The first-order valence-corrected chi connectivity index (χ1v) is 6.96. The van der Waals surface area contributed by atoms with E-state index in [1.54, 1.807) is 18.2 Å². The SMILES string of the molecule is CCNC(=O)CCNC(=O)c1cn[nH]c1-c1ccccc1F. The summed E-state index contributed by atoms with van der Waals surface area (Å²) in [5.41, 5.74) is 0.823. The van der Waals surface area contributed by atoms with Crippen LogP contribution in [0.1, 0.15) is 23.7 Å². The molecule has 0 saturated heterocycles. The first-order chi connectivity index (χ1) is 10.6. The van der Waals surface area contributed by atoms with E-state index in [1.807, 2.05) is 6.92 Å². The number of aromatic amines is 1. The van der Waals surface area contributed by atoms with Crippen LogP contribution in [0.2, 0.25) is 0 Å². The molecule has 116 valence electrons. The van der Waals surface area contributed by atoms with E-state index in [0.717, 1.165) is 0 Å². The summed E-state index contributed by atoms with van der Waals surface area (Å²) in [5.74, 6) is -0.983. The highest BCUT2D eigenvalue weighted by atomic mass is 19.1. The summed E-state index contributed by atoms with van der Waals surface area (Å²) in [5, 5.41) is 11.7. The first kappa shape index (κ1) is 15.7.